The van der Waals surface area contributed by atoms with Crippen LogP contribution in [-0.2, 0) is 22.5 Å². The Balaban J connectivity index is 2.44. The van der Waals surface area contributed by atoms with Gasteiger partial charge in [0, 0.05) is 22.3 Å². The van der Waals surface area contributed by atoms with Gasteiger partial charge < -0.3 is 10.1 Å². The molecule has 0 saturated carbocycles. The molecular weight excluding hydrogens is 248 g/mol. The summed E-state index contributed by atoms with van der Waals surface area (Å²) in [6, 6.07) is 6.37. The van der Waals surface area contributed by atoms with Crippen molar-refractivity contribution in [2.75, 3.05) is 7.11 Å². The minimum atomic E-state index is -0.215. The van der Waals surface area contributed by atoms with E-state index in [0.717, 1.165) is 17.8 Å². The molecule has 0 aromatic carbocycles. The first-order valence-corrected chi connectivity index (χ1v) is 6.76. The van der Waals surface area contributed by atoms with Crippen molar-refractivity contribution in [3.63, 3.8) is 0 Å². The minimum absolute atomic E-state index is 0.215. The van der Waals surface area contributed by atoms with E-state index in [2.05, 4.69) is 23.0 Å². The number of nitriles is 1. The Morgan fingerprint density at radius 3 is 2.89 bits per heavy atom. The second kappa shape index (κ2) is 7.85. The third-order valence-corrected chi connectivity index (χ3v) is 3.74. The van der Waals surface area contributed by atoms with Crippen LogP contribution in [0.3, 0.4) is 0 Å². The van der Waals surface area contributed by atoms with E-state index in [1.54, 1.807) is 11.3 Å². The Morgan fingerprint density at radius 2 is 2.28 bits per heavy atom. The van der Waals surface area contributed by atoms with E-state index in [0.29, 0.717) is 12.8 Å². The van der Waals surface area contributed by atoms with Crippen LogP contribution in [-0.4, -0.2) is 19.1 Å². The summed E-state index contributed by atoms with van der Waals surface area (Å²) in [6.45, 7) is 2.80. The van der Waals surface area contributed by atoms with Crippen LogP contribution < -0.4 is 5.32 Å². The van der Waals surface area contributed by atoms with Gasteiger partial charge in [-0.1, -0.05) is 6.92 Å². The van der Waals surface area contributed by atoms with Gasteiger partial charge in [-0.3, -0.25) is 4.79 Å². The van der Waals surface area contributed by atoms with Crippen LogP contribution in [0, 0.1) is 11.3 Å². The summed E-state index contributed by atoms with van der Waals surface area (Å²) in [4.78, 5) is 13.3. The van der Waals surface area contributed by atoms with E-state index >= 15 is 0 Å². The lowest BCUT2D eigenvalue weighted by atomic mass is 10.1. The van der Waals surface area contributed by atoms with Crippen LogP contribution >= 0.6 is 11.3 Å². The Labute approximate surface area is 112 Å². The van der Waals surface area contributed by atoms with E-state index in [-0.39, 0.29) is 12.0 Å². The van der Waals surface area contributed by atoms with Gasteiger partial charge in [0.15, 0.2) is 0 Å². The fourth-order valence-electron chi connectivity index (χ4n) is 1.54. The predicted molar refractivity (Wildman–Crippen MR) is 71.2 cm³/mol. The van der Waals surface area contributed by atoms with Gasteiger partial charge in [0.2, 0.25) is 0 Å². The normalized spacial score (nSPS) is 11.8. The van der Waals surface area contributed by atoms with E-state index in [4.69, 9.17) is 5.26 Å². The summed E-state index contributed by atoms with van der Waals surface area (Å²) in [5, 5.41) is 12.0. The van der Waals surface area contributed by atoms with Crippen molar-refractivity contribution in [2.45, 2.75) is 38.8 Å². The number of rotatable bonds is 7. The number of carbonyl (C=O) groups is 1. The molecule has 0 bridgehead atoms. The van der Waals surface area contributed by atoms with Gasteiger partial charge in [-0.05, 0) is 18.6 Å². The van der Waals surface area contributed by atoms with Crippen molar-refractivity contribution < 1.29 is 9.53 Å². The molecule has 1 aromatic heterocycles. The van der Waals surface area contributed by atoms with Crippen LogP contribution in [0.25, 0.3) is 0 Å². The lowest BCUT2D eigenvalue weighted by Gasteiger charge is -2.12. The van der Waals surface area contributed by atoms with Gasteiger partial charge >= 0.3 is 5.97 Å². The van der Waals surface area contributed by atoms with Crippen molar-refractivity contribution in [1.29, 1.82) is 5.26 Å². The molecule has 0 amide bonds. The van der Waals surface area contributed by atoms with Gasteiger partial charge in [-0.15, -0.1) is 11.3 Å². The number of hydrogen-bond acceptors (Lipinski definition) is 5. The van der Waals surface area contributed by atoms with Gasteiger partial charge in [-0.2, -0.15) is 5.26 Å². The first-order valence-electron chi connectivity index (χ1n) is 5.94. The molecule has 0 saturated heterocycles. The highest BCUT2D eigenvalue weighted by Gasteiger charge is 2.08. The van der Waals surface area contributed by atoms with Crippen molar-refractivity contribution in [3.8, 4) is 6.07 Å². The molecule has 0 radical (unpaired) electrons. The average molecular weight is 266 g/mol. The zero-order valence-electron chi connectivity index (χ0n) is 10.7. The topological polar surface area (TPSA) is 62.1 Å². The second-order valence-corrected chi connectivity index (χ2v) is 5.22. The maximum absolute atomic E-state index is 11.1. The summed E-state index contributed by atoms with van der Waals surface area (Å²) < 4.78 is 4.63. The number of esters is 1. The zero-order valence-corrected chi connectivity index (χ0v) is 11.5. The maximum atomic E-state index is 11.1. The quantitative estimate of drug-likeness (QED) is 0.769. The molecule has 0 spiro atoms. The van der Waals surface area contributed by atoms with Crippen molar-refractivity contribution in [2.24, 2.45) is 0 Å². The van der Waals surface area contributed by atoms with Crippen LogP contribution in [0.15, 0.2) is 12.1 Å². The average Bonchev–Trinajstić information content (AvgIpc) is 2.81. The van der Waals surface area contributed by atoms with Crippen LogP contribution in [0.5, 0.6) is 0 Å². The molecule has 0 aliphatic carbocycles. The highest BCUT2D eigenvalue weighted by atomic mass is 32.1. The van der Waals surface area contributed by atoms with Crippen LogP contribution in [0.1, 0.15) is 29.5 Å². The third kappa shape index (κ3) is 4.86. The van der Waals surface area contributed by atoms with E-state index < -0.39 is 0 Å². The first kappa shape index (κ1) is 14.7. The molecule has 1 aromatic rings. The fourth-order valence-corrected chi connectivity index (χ4v) is 2.50. The number of hydrogen-bond donors (Lipinski definition) is 1. The lowest BCUT2D eigenvalue weighted by Crippen LogP contribution is -2.26. The van der Waals surface area contributed by atoms with E-state index in [9.17, 15) is 4.79 Å². The molecular formula is C13H18N2O2S. The molecule has 0 aliphatic rings. The number of carbonyl (C=O) groups excluding carboxylic acids is 1. The Bertz CT molecular complexity index is 423. The number of ether oxygens (including phenoxy) is 1. The molecule has 1 rings (SSSR count). The molecule has 18 heavy (non-hydrogen) atoms. The molecule has 0 fully saturated rings. The molecule has 1 atom stereocenters. The van der Waals surface area contributed by atoms with Crippen molar-refractivity contribution in [1.82, 2.24) is 5.32 Å². The highest BCUT2D eigenvalue weighted by molar-refractivity contribution is 7.12. The number of thiophene rings is 1. The van der Waals surface area contributed by atoms with Crippen LogP contribution in [0.4, 0.5) is 0 Å². The third-order valence-electron chi connectivity index (χ3n) is 2.66. The monoisotopic (exact) mass is 266 g/mol. The van der Waals surface area contributed by atoms with Crippen molar-refractivity contribution in [3.05, 3.63) is 21.9 Å². The summed E-state index contributed by atoms with van der Waals surface area (Å²) in [6.07, 6.45) is 1.79. The lowest BCUT2D eigenvalue weighted by molar-refractivity contribution is -0.139. The standard InChI is InChI=1S/C13H18N2O2S/c1-3-10(6-7-14)15-9-12-5-4-11(18-12)8-13(16)17-2/h4-5,10,15H,3,6,8-9H2,1-2H3. The summed E-state index contributed by atoms with van der Waals surface area (Å²) in [7, 11) is 1.39. The second-order valence-electron chi connectivity index (χ2n) is 3.97. The Kier molecular flexibility index (Phi) is 6.40. The SMILES string of the molecule is CCC(CC#N)NCc1ccc(CC(=O)OC)s1. The van der Waals surface area contributed by atoms with Gasteiger partial charge in [-0.25, -0.2) is 0 Å². The Morgan fingerprint density at radius 1 is 1.56 bits per heavy atom. The van der Waals surface area contributed by atoms with Crippen LogP contribution in [0.2, 0.25) is 0 Å². The van der Waals surface area contributed by atoms with Gasteiger partial charge in [0.25, 0.3) is 0 Å². The van der Waals surface area contributed by atoms with E-state index in [1.807, 2.05) is 12.1 Å². The number of nitrogens with zero attached hydrogens (tertiary/aromatic N) is 1. The molecule has 1 heterocycles. The minimum Gasteiger partial charge on any atom is -0.469 e. The number of nitrogens with one attached hydrogen (secondary N) is 1. The zero-order chi connectivity index (χ0) is 13.4. The highest BCUT2D eigenvalue weighted by Crippen LogP contribution is 2.17. The summed E-state index contributed by atoms with van der Waals surface area (Å²) in [5.74, 6) is -0.215. The van der Waals surface area contributed by atoms with Crippen molar-refractivity contribution >= 4 is 17.3 Å². The smallest absolute Gasteiger partial charge is 0.310 e. The molecule has 5 heteroatoms. The molecule has 98 valence electrons. The van der Waals surface area contributed by atoms with Gasteiger partial charge in [0.05, 0.1) is 26.0 Å². The molecule has 4 nitrogen and oxygen atoms in total. The summed E-state index contributed by atoms with van der Waals surface area (Å²) >= 11 is 1.60. The molecule has 1 N–H and O–H groups in total. The predicted octanol–water partition coefficient (Wildman–Crippen LogP) is 2.25. The summed E-state index contributed by atoms with van der Waals surface area (Å²) in [5.41, 5.74) is 0. The number of methoxy groups -OCH3 is 1. The maximum Gasteiger partial charge on any atom is 0.310 e. The fraction of sp³-hybridized carbons (Fsp3) is 0.538. The van der Waals surface area contributed by atoms with Gasteiger partial charge in [0.1, 0.15) is 0 Å². The molecule has 1 unspecified atom stereocenters. The Hall–Kier alpha value is -1.38. The molecule has 0 aliphatic heterocycles. The van der Waals surface area contributed by atoms with E-state index in [1.165, 1.54) is 12.0 Å². The largest absolute Gasteiger partial charge is 0.469 e. The first-order chi connectivity index (χ1) is 8.69.